The minimum atomic E-state index is -0.705. The van der Waals surface area contributed by atoms with Crippen LogP contribution in [-0.4, -0.2) is 65.7 Å². The summed E-state index contributed by atoms with van der Waals surface area (Å²) in [6.07, 6.45) is 11.7. The predicted octanol–water partition coefficient (Wildman–Crippen LogP) is 6.11. The number of unbranched alkanes of at least 4 members (excludes halogenated alkanes) is 3. The molecule has 1 fully saturated rings. The fourth-order valence-electron chi connectivity index (χ4n) is 4.62. The van der Waals surface area contributed by atoms with Gasteiger partial charge >= 0.3 is 12.0 Å². The second-order valence-electron chi connectivity index (χ2n) is 11.4. The molecular formula is C27H50N2O5. The van der Waals surface area contributed by atoms with E-state index in [0.717, 1.165) is 83.8 Å². The summed E-state index contributed by atoms with van der Waals surface area (Å²) in [6.45, 7) is 13.9. The Labute approximate surface area is 207 Å². The first-order chi connectivity index (χ1) is 16.0. The van der Waals surface area contributed by atoms with Crippen molar-refractivity contribution in [3.8, 4) is 0 Å². The third-order valence-corrected chi connectivity index (χ3v) is 7.02. The molecule has 0 spiro atoms. The summed E-state index contributed by atoms with van der Waals surface area (Å²) in [7, 11) is 0. The molecule has 1 aliphatic heterocycles. The first kappa shape index (κ1) is 30.4. The zero-order valence-electron chi connectivity index (χ0n) is 22.5. The topological polar surface area (TPSA) is 87.2 Å². The zero-order chi connectivity index (χ0) is 25.6. The van der Waals surface area contributed by atoms with Crippen molar-refractivity contribution in [3.63, 3.8) is 0 Å². The molecule has 0 saturated carbocycles. The normalized spacial score (nSPS) is 15.0. The van der Waals surface area contributed by atoms with Crippen LogP contribution in [0.4, 0.5) is 4.79 Å². The molecule has 0 radical (unpaired) electrons. The number of hydrogen-bond acceptors (Lipinski definition) is 4. The second-order valence-corrected chi connectivity index (χ2v) is 11.4. The first-order valence-electron chi connectivity index (χ1n) is 13.4. The number of rotatable bonds is 20. The van der Waals surface area contributed by atoms with Crippen LogP contribution in [0.15, 0.2) is 0 Å². The van der Waals surface area contributed by atoms with Crippen LogP contribution in [-0.2, 0) is 14.3 Å². The molecule has 1 aliphatic rings. The van der Waals surface area contributed by atoms with Crippen molar-refractivity contribution < 1.29 is 24.2 Å². The third kappa shape index (κ3) is 12.7. The number of carbonyl (C=O) groups excluding carboxylic acids is 2. The van der Waals surface area contributed by atoms with E-state index in [0.29, 0.717) is 13.1 Å². The smallest absolute Gasteiger partial charge is 0.327 e. The molecule has 0 aromatic heterocycles. The second kappa shape index (κ2) is 15.4. The molecule has 0 bridgehead atoms. The lowest BCUT2D eigenvalue weighted by molar-refractivity contribution is -0.137. The first-order valence-corrected chi connectivity index (χ1v) is 13.4. The van der Waals surface area contributed by atoms with Gasteiger partial charge in [0.2, 0.25) is 5.91 Å². The molecule has 1 saturated heterocycles. The van der Waals surface area contributed by atoms with E-state index in [1.165, 1.54) is 4.90 Å². The van der Waals surface area contributed by atoms with Crippen LogP contribution >= 0.6 is 0 Å². The zero-order valence-corrected chi connectivity index (χ0v) is 22.5. The number of aliphatic carboxylic acids is 1. The molecule has 7 nitrogen and oxygen atoms in total. The average molecular weight is 483 g/mol. The Kier molecular flexibility index (Phi) is 13.8. The van der Waals surface area contributed by atoms with Gasteiger partial charge in [0.25, 0.3) is 0 Å². The number of hydrogen-bond donors (Lipinski definition) is 1. The molecule has 0 aromatic carbocycles. The van der Waals surface area contributed by atoms with Gasteiger partial charge in [0.15, 0.2) is 0 Å². The highest BCUT2D eigenvalue weighted by atomic mass is 16.5. The molecule has 1 N–H and O–H groups in total. The third-order valence-electron chi connectivity index (χ3n) is 7.02. The van der Waals surface area contributed by atoms with Crippen molar-refractivity contribution in [2.75, 3.05) is 32.8 Å². The lowest BCUT2D eigenvalue weighted by Gasteiger charge is -2.25. The van der Waals surface area contributed by atoms with Gasteiger partial charge < -0.3 is 14.7 Å². The SMILES string of the molecule is CCN1CC(=O)N(CCCCC(C)(C)CCCCOCCCCC(C)(C)CCCC(=O)O)C1=O. The summed E-state index contributed by atoms with van der Waals surface area (Å²) in [6, 6.07) is -0.133. The molecule has 7 heteroatoms. The Bertz CT molecular complexity index is 633. The van der Waals surface area contributed by atoms with Crippen LogP contribution in [0.2, 0.25) is 0 Å². The fourth-order valence-corrected chi connectivity index (χ4v) is 4.62. The van der Waals surface area contributed by atoms with E-state index >= 15 is 0 Å². The van der Waals surface area contributed by atoms with Crippen LogP contribution in [0, 0.1) is 10.8 Å². The predicted molar refractivity (Wildman–Crippen MR) is 136 cm³/mol. The maximum absolute atomic E-state index is 12.1. The lowest BCUT2D eigenvalue weighted by atomic mass is 9.82. The Hall–Kier alpha value is -1.63. The van der Waals surface area contributed by atoms with Crippen LogP contribution in [0.5, 0.6) is 0 Å². The van der Waals surface area contributed by atoms with Crippen molar-refractivity contribution in [2.45, 2.75) is 112 Å². The maximum atomic E-state index is 12.1. The standard InChI is InChI=1S/C27H50N2O5/c1-6-28-22-23(30)29(25(28)33)19-10-7-15-26(2,3)16-8-11-20-34-21-12-9-17-27(4,5)18-13-14-24(31)32/h6-22H2,1-5H3,(H,31,32). The number of carbonyl (C=O) groups is 3. The number of nitrogens with zero attached hydrogens (tertiary/aromatic N) is 2. The van der Waals surface area contributed by atoms with Crippen molar-refractivity contribution >= 4 is 17.9 Å². The quantitative estimate of drug-likeness (QED) is 0.167. The number of carboxylic acids is 1. The summed E-state index contributed by atoms with van der Waals surface area (Å²) in [4.78, 5) is 37.8. The van der Waals surface area contributed by atoms with Crippen molar-refractivity contribution in [1.29, 1.82) is 0 Å². The van der Waals surface area contributed by atoms with Crippen molar-refractivity contribution in [3.05, 3.63) is 0 Å². The highest BCUT2D eigenvalue weighted by Gasteiger charge is 2.34. The highest BCUT2D eigenvalue weighted by molar-refractivity contribution is 6.01. The van der Waals surface area contributed by atoms with Gasteiger partial charge in [-0.15, -0.1) is 0 Å². The number of imide groups is 1. The van der Waals surface area contributed by atoms with Crippen LogP contribution in [0.3, 0.4) is 0 Å². The van der Waals surface area contributed by atoms with Crippen LogP contribution in [0.25, 0.3) is 0 Å². The molecule has 0 aromatic rings. The largest absolute Gasteiger partial charge is 0.481 e. The van der Waals surface area contributed by atoms with E-state index in [9.17, 15) is 14.4 Å². The number of carboxylic acid groups (broad SMARTS) is 1. The van der Waals surface area contributed by atoms with E-state index < -0.39 is 5.97 Å². The number of amides is 3. The Morgan fingerprint density at radius 2 is 1.35 bits per heavy atom. The van der Waals surface area contributed by atoms with Gasteiger partial charge in [0, 0.05) is 32.7 Å². The molecule has 0 unspecified atom stereocenters. The molecule has 0 aliphatic carbocycles. The van der Waals surface area contributed by atoms with E-state index in [4.69, 9.17) is 9.84 Å². The van der Waals surface area contributed by atoms with Gasteiger partial charge in [-0.25, -0.2) is 4.79 Å². The van der Waals surface area contributed by atoms with E-state index in [1.54, 1.807) is 4.90 Å². The summed E-state index contributed by atoms with van der Waals surface area (Å²) >= 11 is 0. The van der Waals surface area contributed by atoms with Crippen LogP contribution < -0.4 is 0 Å². The summed E-state index contributed by atoms with van der Waals surface area (Å²) in [5.41, 5.74) is 0.469. The molecule has 0 atom stereocenters. The monoisotopic (exact) mass is 482 g/mol. The van der Waals surface area contributed by atoms with E-state index in [1.807, 2.05) is 6.92 Å². The fraction of sp³-hybridized carbons (Fsp3) is 0.889. The molecule has 1 rings (SSSR count). The molecule has 198 valence electrons. The molecular weight excluding hydrogens is 432 g/mol. The van der Waals surface area contributed by atoms with Crippen molar-refractivity contribution in [1.82, 2.24) is 9.80 Å². The molecule has 3 amide bonds. The van der Waals surface area contributed by atoms with Gasteiger partial charge in [0.1, 0.15) is 6.54 Å². The highest BCUT2D eigenvalue weighted by Crippen LogP contribution is 2.30. The van der Waals surface area contributed by atoms with Gasteiger partial charge in [-0.2, -0.15) is 0 Å². The Morgan fingerprint density at radius 1 is 0.853 bits per heavy atom. The van der Waals surface area contributed by atoms with Gasteiger partial charge in [-0.3, -0.25) is 14.5 Å². The number of urea groups is 1. The maximum Gasteiger partial charge on any atom is 0.327 e. The Morgan fingerprint density at radius 3 is 1.82 bits per heavy atom. The van der Waals surface area contributed by atoms with Crippen molar-refractivity contribution in [2.24, 2.45) is 10.8 Å². The number of ether oxygens (including phenoxy) is 1. The average Bonchev–Trinajstić information content (AvgIpc) is 3.02. The van der Waals surface area contributed by atoms with E-state index in [2.05, 4.69) is 27.7 Å². The summed E-state index contributed by atoms with van der Waals surface area (Å²) < 4.78 is 5.82. The Balaban J connectivity index is 2.02. The lowest BCUT2D eigenvalue weighted by Crippen LogP contribution is -2.33. The summed E-state index contributed by atoms with van der Waals surface area (Å²) in [5, 5.41) is 8.77. The minimum absolute atomic E-state index is 0.0643. The van der Waals surface area contributed by atoms with Crippen LogP contribution in [0.1, 0.15) is 112 Å². The van der Waals surface area contributed by atoms with E-state index in [-0.39, 0.29) is 35.7 Å². The molecule has 1 heterocycles. The summed E-state index contributed by atoms with van der Waals surface area (Å²) in [5.74, 6) is -0.769. The van der Waals surface area contributed by atoms with Gasteiger partial charge in [0.05, 0.1) is 0 Å². The number of likely N-dealkylation sites (N-methyl/N-ethyl adjacent to an activating group) is 1. The minimum Gasteiger partial charge on any atom is -0.481 e. The van der Waals surface area contributed by atoms with Gasteiger partial charge in [-0.05, 0) is 69.1 Å². The molecule has 34 heavy (non-hydrogen) atoms. The van der Waals surface area contributed by atoms with Gasteiger partial charge in [-0.1, -0.05) is 47.0 Å².